The smallest absolute Gasteiger partial charge is 0.333 e. The van der Waals surface area contributed by atoms with E-state index in [4.69, 9.17) is 9.47 Å². The van der Waals surface area contributed by atoms with E-state index in [-0.39, 0.29) is 12.2 Å². The van der Waals surface area contributed by atoms with Gasteiger partial charge in [-0.2, -0.15) is 0 Å². The zero-order valence-corrected chi connectivity index (χ0v) is 13.9. The molecular formula is C17H22O7. The Morgan fingerprint density at radius 1 is 1.17 bits per heavy atom. The third-order valence-electron chi connectivity index (χ3n) is 3.27. The van der Waals surface area contributed by atoms with E-state index in [0.29, 0.717) is 12.0 Å². The van der Waals surface area contributed by atoms with Gasteiger partial charge in [-0.25, -0.2) is 4.79 Å². The van der Waals surface area contributed by atoms with Gasteiger partial charge in [0.05, 0.1) is 6.61 Å². The molecule has 1 rings (SSSR count). The van der Waals surface area contributed by atoms with Crippen molar-refractivity contribution in [3.05, 3.63) is 29.8 Å². The highest BCUT2D eigenvalue weighted by Gasteiger charge is 2.20. The van der Waals surface area contributed by atoms with Crippen LogP contribution in [0.3, 0.4) is 0 Å². The second-order valence-electron chi connectivity index (χ2n) is 5.53. The molecule has 1 aromatic carbocycles. The number of ketones is 1. The monoisotopic (exact) mass is 338 g/mol. The molecule has 0 spiro atoms. The highest BCUT2D eigenvalue weighted by atomic mass is 16.5. The SMILES string of the molecule is C=C(C)C(=O)OC(C)CCOC(C)C(=O)c1cc(O)c(O)c(O)c1. The van der Waals surface area contributed by atoms with Gasteiger partial charge in [-0.05, 0) is 32.9 Å². The summed E-state index contributed by atoms with van der Waals surface area (Å²) < 4.78 is 10.5. The lowest BCUT2D eigenvalue weighted by molar-refractivity contribution is -0.144. The summed E-state index contributed by atoms with van der Waals surface area (Å²) in [4.78, 5) is 23.5. The van der Waals surface area contributed by atoms with Gasteiger partial charge in [0.1, 0.15) is 12.2 Å². The summed E-state index contributed by atoms with van der Waals surface area (Å²) in [5, 5.41) is 28.1. The zero-order chi connectivity index (χ0) is 18.4. The number of aromatic hydroxyl groups is 3. The van der Waals surface area contributed by atoms with Crippen molar-refractivity contribution in [2.45, 2.75) is 39.4 Å². The molecule has 7 heteroatoms. The van der Waals surface area contributed by atoms with E-state index in [9.17, 15) is 24.9 Å². The first-order valence-corrected chi connectivity index (χ1v) is 7.40. The lowest BCUT2D eigenvalue weighted by Crippen LogP contribution is -2.24. The van der Waals surface area contributed by atoms with Crippen molar-refractivity contribution >= 4 is 11.8 Å². The molecule has 0 bridgehead atoms. The number of hydrogen-bond acceptors (Lipinski definition) is 7. The first-order chi connectivity index (χ1) is 11.1. The first-order valence-electron chi connectivity index (χ1n) is 7.40. The van der Waals surface area contributed by atoms with Gasteiger partial charge >= 0.3 is 5.97 Å². The van der Waals surface area contributed by atoms with Gasteiger partial charge in [-0.3, -0.25) is 4.79 Å². The highest BCUT2D eigenvalue weighted by Crippen LogP contribution is 2.35. The standard InChI is InChI=1S/C17H22O7/c1-9(2)17(22)24-10(3)5-6-23-11(4)15(20)12-7-13(18)16(21)14(19)8-12/h7-8,10-11,18-19,21H,1,5-6H2,2-4H3. The number of ether oxygens (including phenoxy) is 2. The topological polar surface area (TPSA) is 113 Å². The molecule has 3 N–H and O–H groups in total. The van der Waals surface area contributed by atoms with Crippen LogP contribution in [-0.2, 0) is 14.3 Å². The summed E-state index contributed by atoms with van der Waals surface area (Å²) in [5.41, 5.74) is 0.315. The molecule has 0 aromatic heterocycles. The molecule has 0 radical (unpaired) electrons. The van der Waals surface area contributed by atoms with Gasteiger partial charge in [0.2, 0.25) is 0 Å². The quantitative estimate of drug-likeness (QED) is 0.288. The van der Waals surface area contributed by atoms with Crippen LogP contribution in [0.5, 0.6) is 17.2 Å². The predicted molar refractivity (Wildman–Crippen MR) is 86.2 cm³/mol. The van der Waals surface area contributed by atoms with Crippen LogP contribution in [0.25, 0.3) is 0 Å². The van der Waals surface area contributed by atoms with Crippen LogP contribution in [0.1, 0.15) is 37.6 Å². The summed E-state index contributed by atoms with van der Waals surface area (Å²) in [5.74, 6) is -2.82. The summed E-state index contributed by atoms with van der Waals surface area (Å²) >= 11 is 0. The minimum absolute atomic E-state index is 0.0112. The van der Waals surface area contributed by atoms with Crippen LogP contribution >= 0.6 is 0 Å². The molecule has 0 aliphatic heterocycles. The van der Waals surface area contributed by atoms with E-state index in [1.807, 2.05) is 0 Å². The number of Topliss-reactive ketones (excluding diaryl/α,β-unsaturated/α-hetero) is 1. The van der Waals surface area contributed by atoms with Crippen LogP contribution < -0.4 is 0 Å². The Bertz CT molecular complexity index is 613. The number of phenols is 3. The van der Waals surface area contributed by atoms with Crippen LogP contribution in [0.15, 0.2) is 24.3 Å². The molecule has 0 heterocycles. The Hall–Kier alpha value is -2.54. The van der Waals surface area contributed by atoms with Crippen molar-refractivity contribution in [1.29, 1.82) is 0 Å². The lowest BCUT2D eigenvalue weighted by Gasteiger charge is -2.16. The highest BCUT2D eigenvalue weighted by molar-refractivity contribution is 6.00. The second kappa shape index (κ2) is 8.35. The Balaban J connectivity index is 2.53. The number of hydrogen-bond donors (Lipinski definition) is 3. The molecule has 2 atom stereocenters. The molecule has 7 nitrogen and oxygen atoms in total. The number of phenolic OH excluding ortho intramolecular Hbond substituents is 3. The molecule has 1 aromatic rings. The normalized spacial score (nSPS) is 13.1. The fraction of sp³-hybridized carbons (Fsp3) is 0.412. The molecule has 0 saturated heterocycles. The van der Waals surface area contributed by atoms with E-state index >= 15 is 0 Å². The van der Waals surface area contributed by atoms with Gasteiger partial charge in [-0.15, -0.1) is 0 Å². The third-order valence-corrected chi connectivity index (χ3v) is 3.27. The second-order valence-corrected chi connectivity index (χ2v) is 5.53. The van der Waals surface area contributed by atoms with E-state index in [2.05, 4.69) is 6.58 Å². The fourth-order valence-corrected chi connectivity index (χ4v) is 1.81. The predicted octanol–water partition coefficient (Wildman–Crippen LogP) is 2.29. The summed E-state index contributed by atoms with van der Waals surface area (Å²) in [7, 11) is 0. The van der Waals surface area contributed by atoms with Gasteiger partial charge < -0.3 is 24.8 Å². The van der Waals surface area contributed by atoms with Gasteiger partial charge in [0, 0.05) is 17.6 Å². The fourth-order valence-electron chi connectivity index (χ4n) is 1.81. The maximum atomic E-state index is 12.2. The van der Waals surface area contributed by atoms with E-state index in [1.54, 1.807) is 13.8 Å². The molecule has 132 valence electrons. The summed E-state index contributed by atoms with van der Waals surface area (Å²) in [6, 6.07) is 2.10. The number of esters is 1. The largest absolute Gasteiger partial charge is 0.504 e. The minimum atomic E-state index is -0.836. The molecular weight excluding hydrogens is 316 g/mol. The van der Waals surface area contributed by atoms with Crippen molar-refractivity contribution < 1.29 is 34.4 Å². The molecule has 24 heavy (non-hydrogen) atoms. The summed E-state index contributed by atoms with van der Waals surface area (Å²) in [6.07, 6.45) is -0.835. The van der Waals surface area contributed by atoms with Crippen molar-refractivity contribution in [3.8, 4) is 17.2 Å². The van der Waals surface area contributed by atoms with E-state index < -0.39 is 41.2 Å². The van der Waals surface area contributed by atoms with E-state index in [0.717, 1.165) is 12.1 Å². The summed E-state index contributed by atoms with van der Waals surface area (Å²) in [6.45, 7) is 8.43. The molecule has 0 amide bonds. The van der Waals surface area contributed by atoms with Crippen LogP contribution in [0.2, 0.25) is 0 Å². The maximum absolute atomic E-state index is 12.2. The van der Waals surface area contributed by atoms with Gasteiger partial charge in [-0.1, -0.05) is 6.58 Å². The minimum Gasteiger partial charge on any atom is -0.504 e. The Labute approximate surface area is 140 Å². The Morgan fingerprint density at radius 3 is 2.21 bits per heavy atom. The molecule has 0 aliphatic rings. The molecule has 0 fully saturated rings. The van der Waals surface area contributed by atoms with Crippen LogP contribution in [0.4, 0.5) is 0 Å². The number of benzene rings is 1. The number of carbonyl (C=O) groups is 2. The average molecular weight is 338 g/mol. The van der Waals surface area contributed by atoms with Gasteiger partial charge in [0.25, 0.3) is 0 Å². The molecule has 0 aliphatic carbocycles. The lowest BCUT2D eigenvalue weighted by atomic mass is 10.1. The van der Waals surface area contributed by atoms with Crippen molar-refractivity contribution in [3.63, 3.8) is 0 Å². The van der Waals surface area contributed by atoms with Crippen molar-refractivity contribution in [2.24, 2.45) is 0 Å². The Morgan fingerprint density at radius 2 is 1.71 bits per heavy atom. The van der Waals surface area contributed by atoms with Crippen LogP contribution in [-0.4, -0.2) is 45.9 Å². The molecule has 0 saturated carbocycles. The average Bonchev–Trinajstić information content (AvgIpc) is 2.50. The Kier molecular flexibility index (Phi) is 6.79. The number of rotatable bonds is 8. The van der Waals surface area contributed by atoms with Crippen molar-refractivity contribution in [1.82, 2.24) is 0 Å². The van der Waals surface area contributed by atoms with Crippen LogP contribution in [0, 0.1) is 0 Å². The maximum Gasteiger partial charge on any atom is 0.333 e. The van der Waals surface area contributed by atoms with E-state index in [1.165, 1.54) is 6.92 Å². The molecule has 2 unspecified atom stereocenters. The van der Waals surface area contributed by atoms with Crippen molar-refractivity contribution in [2.75, 3.05) is 6.61 Å². The van der Waals surface area contributed by atoms with Gasteiger partial charge in [0.15, 0.2) is 23.0 Å². The zero-order valence-electron chi connectivity index (χ0n) is 13.9. The number of carbonyl (C=O) groups excluding carboxylic acids is 2. The first kappa shape index (κ1) is 19.5. The third kappa shape index (κ3) is 5.27.